The second-order valence-corrected chi connectivity index (χ2v) is 4.25. The minimum atomic E-state index is -0.0883. The lowest BCUT2D eigenvalue weighted by molar-refractivity contribution is 0.142. The largest absolute Gasteiger partial charge is 0.393 e. The summed E-state index contributed by atoms with van der Waals surface area (Å²) in [5.41, 5.74) is 2.55. The summed E-state index contributed by atoms with van der Waals surface area (Å²) in [4.78, 5) is 4.10. The molecule has 0 aliphatic heterocycles. The van der Waals surface area contributed by atoms with Gasteiger partial charge in [0.05, 0.1) is 6.10 Å². The third kappa shape index (κ3) is 2.32. The molecule has 76 valence electrons. The van der Waals surface area contributed by atoms with Gasteiger partial charge >= 0.3 is 0 Å². The smallest absolute Gasteiger partial charge is 0.0571 e. The molecule has 14 heavy (non-hydrogen) atoms. The van der Waals surface area contributed by atoms with Gasteiger partial charge in [0.1, 0.15) is 0 Å². The SMILES string of the molecule is Cc1ccncc1CCC(O)C1CC1. The maximum absolute atomic E-state index is 9.72. The van der Waals surface area contributed by atoms with Gasteiger partial charge < -0.3 is 5.11 Å². The van der Waals surface area contributed by atoms with Gasteiger partial charge in [-0.1, -0.05) is 0 Å². The van der Waals surface area contributed by atoms with Crippen molar-refractivity contribution in [1.82, 2.24) is 4.98 Å². The molecule has 1 aromatic rings. The molecule has 1 aromatic heterocycles. The number of hydrogen-bond donors (Lipinski definition) is 1. The van der Waals surface area contributed by atoms with E-state index in [2.05, 4.69) is 11.9 Å². The standard InChI is InChI=1S/C12H17NO/c1-9-6-7-13-8-11(9)4-5-12(14)10-2-3-10/h6-8,10,12,14H,2-5H2,1H3. The van der Waals surface area contributed by atoms with Crippen LogP contribution in [0.2, 0.25) is 0 Å². The van der Waals surface area contributed by atoms with Crippen LogP contribution in [0.25, 0.3) is 0 Å². The third-order valence-corrected chi connectivity index (χ3v) is 3.02. The number of hydrogen-bond acceptors (Lipinski definition) is 2. The molecule has 1 aliphatic carbocycles. The zero-order valence-corrected chi connectivity index (χ0v) is 8.61. The molecule has 1 unspecified atom stereocenters. The maximum Gasteiger partial charge on any atom is 0.0571 e. The number of aromatic nitrogens is 1. The Morgan fingerprint density at radius 3 is 3.00 bits per heavy atom. The molecule has 0 amide bonds. The van der Waals surface area contributed by atoms with Gasteiger partial charge in [-0.25, -0.2) is 0 Å². The Hall–Kier alpha value is -0.890. The number of nitrogens with zero attached hydrogens (tertiary/aromatic N) is 1. The van der Waals surface area contributed by atoms with E-state index in [1.807, 2.05) is 18.5 Å². The Bertz CT molecular complexity index is 307. The number of aliphatic hydroxyl groups excluding tert-OH is 1. The highest BCUT2D eigenvalue weighted by atomic mass is 16.3. The molecule has 0 bridgehead atoms. The molecule has 1 atom stereocenters. The molecule has 1 fully saturated rings. The lowest BCUT2D eigenvalue weighted by Gasteiger charge is -2.09. The van der Waals surface area contributed by atoms with Gasteiger partial charge in [0.2, 0.25) is 0 Å². The van der Waals surface area contributed by atoms with Crippen molar-refractivity contribution in [2.75, 3.05) is 0 Å². The molecule has 2 rings (SSSR count). The molecule has 0 spiro atoms. The minimum Gasteiger partial charge on any atom is -0.393 e. The first-order valence-corrected chi connectivity index (χ1v) is 5.35. The molecule has 0 saturated heterocycles. The van der Waals surface area contributed by atoms with E-state index in [-0.39, 0.29) is 6.10 Å². The molecule has 2 nitrogen and oxygen atoms in total. The Balaban J connectivity index is 1.87. The van der Waals surface area contributed by atoms with Crippen LogP contribution in [0.4, 0.5) is 0 Å². The number of aliphatic hydroxyl groups is 1. The van der Waals surface area contributed by atoms with E-state index in [4.69, 9.17) is 0 Å². The molecule has 0 aromatic carbocycles. The van der Waals surface area contributed by atoms with Gasteiger partial charge in [0.25, 0.3) is 0 Å². The van der Waals surface area contributed by atoms with Crippen LogP contribution < -0.4 is 0 Å². The van der Waals surface area contributed by atoms with Crippen LogP contribution in [-0.4, -0.2) is 16.2 Å². The highest BCUT2D eigenvalue weighted by Crippen LogP contribution is 2.34. The molecule has 1 aliphatic rings. The molecule has 1 heterocycles. The van der Waals surface area contributed by atoms with E-state index in [0.29, 0.717) is 5.92 Å². The van der Waals surface area contributed by atoms with Crippen LogP contribution in [0, 0.1) is 12.8 Å². The minimum absolute atomic E-state index is 0.0883. The van der Waals surface area contributed by atoms with Gasteiger partial charge in [0.15, 0.2) is 0 Å². The van der Waals surface area contributed by atoms with Crippen molar-refractivity contribution in [3.05, 3.63) is 29.6 Å². The summed E-state index contributed by atoms with van der Waals surface area (Å²) < 4.78 is 0. The Morgan fingerprint density at radius 1 is 1.57 bits per heavy atom. The highest BCUT2D eigenvalue weighted by Gasteiger charge is 2.29. The third-order valence-electron chi connectivity index (χ3n) is 3.02. The highest BCUT2D eigenvalue weighted by molar-refractivity contribution is 5.21. The van der Waals surface area contributed by atoms with Gasteiger partial charge in [-0.3, -0.25) is 4.98 Å². The zero-order valence-electron chi connectivity index (χ0n) is 8.61. The Labute approximate surface area is 85.0 Å². The fourth-order valence-electron chi connectivity index (χ4n) is 1.78. The molecule has 0 radical (unpaired) electrons. The van der Waals surface area contributed by atoms with Crippen molar-refractivity contribution in [2.24, 2.45) is 5.92 Å². The van der Waals surface area contributed by atoms with E-state index < -0.39 is 0 Å². The molecule has 2 heteroatoms. The monoisotopic (exact) mass is 191 g/mol. The summed E-state index contributed by atoms with van der Waals surface area (Å²) in [6.45, 7) is 2.10. The summed E-state index contributed by atoms with van der Waals surface area (Å²) in [6.07, 6.45) is 7.91. The summed E-state index contributed by atoms with van der Waals surface area (Å²) >= 11 is 0. The predicted molar refractivity (Wildman–Crippen MR) is 56.0 cm³/mol. The van der Waals surface area contributed by atoms with E-state index >= 15 is 0 Å². The maximum atomic E-state index is 9.72. The van der Waals surface area contributed by atoms with Crippen molar-refractivity contribution in [1.29, 1.82) is 0 Å². The molecular weight excluding hydrogens is 174 g/mol. The Morgan fingerprint density at radius 2 is 2.36 bits per heavy atom. The van der Waals surface area contributed by atoms with Crippen molar-refractivity contribution < 1.29 is 5.11 Å². The van der Waals surface area contributed by atoms with Crippen LogP contribution in [-0.2, 0) is 6.42 Å². The summed E-state index contributed by atoms with van der Waals surface area (Å²) in [5.74, 6) is 0.590. The lowest BCUT2D eigenvalue weighted by atomic mass is 10.0. The number of pyridine rings is 1. The van der Waals surface area contributed by atoms with Gasteiger partial charge in [0, 0.05) is 12.4 Å². The van der Waals surface area contributed by atoms with E-state index in [1.54, 1.807) is 0 Å². The first-order valence-electron chi connectivity index (χ1n) is 5.35. The zero-order chi connectivity index (χ0) is 9.97. The first-order chi connectivity index (χ1) is 6.77. The van der Waals surface area contributed by atoms with Crippen LogP contribution in [0.5, 0.6) is 0 Å². The topological polar surface area (TPSA) is 33.1 Å². The number of aryl methyl sites for hydroxylation is 2. The van der Waals surface area contributed by atoms with E-state index in [1.165, 1.54) is 24.0 Å². The van der Waals surface area contributed by atoms with Crippen molar-refractivity contribution >= 4 is 0 Å². The van der Waals surface area contributed by atoms with Crippen LogP contribution in [0.3, 0.4) is 0 Å². The van der Waals surface area contributed by atoms with E-state index in [9.17, 15) is 5.11 Å². The van der Waals surface area contributed by atoms with E-state index in [0.717, 1.165) is 12.8 Å². The normalized spacial score (nSPS) is 18.1. The van der Waals surface area contributed by atoms with Crippen molar-refractivity contribution in [3.63, 3.8) is 0 Å². The fraction of sp³-hybridized carbons (Fsp3) is 0.583. The summed E-state index contributed by atoms with van der Waals surface area (Å²) in [5, 5.41) is 9.72. The Kier molecular flexibility index (Phi) is 2.82. The summed E-state index contributed by atoms with van der Waals surface area (Å²) in [7, 11) is 0. The molecule has 1 N–H and O–H groups in total. The fourth-order valence-corrected chi connectivity index (χ4v) is 1.78. The van der Waals surface area contributed by atoms with Crippen LogP contribution in [0.15, 0.2) is 18.5 Å². The second kappa shape index (κ2) is 4.09. The number of rotatable bonds is 4. The first kappa shape index (κ1) is 9.66. The van der Waals surface area contributed by atoms with Crippen LogP contribution in [0.1, 0.15) is 30.4 Å². The van der Waals surface area contributed by atoms with Crippen LogP contribution >= 0.6 is 0 Å². The lowest BCUT2D eigenvalue weighted by Crippen LogP contribution is -2.10. The average molecular weight is 191 g/mol. The van der Waals surface area contributed by atoms with Gasteiger partial charge in [-0.15, -0.1) is 0 Å². The summed E-state index contributed by atoms with van der Waals surface area (Å²) in [6, 6.07) is 2.03. The van der Waals surface area contributed by atoms with Gasteiger partial charge in [-0.05, 0) is 55.7 Å². The molecular formula is C12H17NO. The predicted octanol–water partition coefficient (Wildman–Crippen LogP) is 2.09. The second-order valence-electron chi connectivity index (χ2n) is 4.25. The average Bonchev–Trinajstić information content (AvgIpc) is 2.99. The van der Waals surface area contributed by atoms with Crippen molar-refractivity contribution in [2.45, 2.75) is 38.7 Å². The quantitative estimate of drug-likeness (QED) is 0.790. The van der Waals surface area contributed by atoms with Crippen molar-refractivity contribution in [3.8, 4) is 0 Å². The van der Waals surface area contributed by atoms with Gasteiger partial charge in [-0.2, -0.15) is 0 Å². The molecule has 1 saturated carbocycles.